The molecule has 1 aromatic rings. The lowest BCUT2D eigenvalue weighted by Crippen LogP contribution is -2.22. The molecule has 1 heterocycles. The smallest absolute Gasteiger partial charge is 0.405 e. The van der Waals surface area contributed by atoms with Gasteiger partial charge in [-0.25, -0.2) is 4.98 Å². The van der Waals surface area contributed by atoms with E-state index >= 15 is 0 Å². The third-order valence-electron chi connectivity index (χ3n) is 1.34. The maximum atomic E-state index is 12.8. The van der Waals surface area contributed by atoms with Gasteiger partial charge in [0.05, 0.1) is 0 Å². The first-order valence-corrected chi connectivity index (χ1v) is 3.51. The Kier molecular flexibility index (Phi) is 2.78. The minimum Gasteiger partial charge on any atom is -0.405 e. The van der Waals surface area contributed by atoms with Crippen LogP contribution in [0.2, 0.25) is 0 Å². The molecule has 1 rings (SSSR count). The van der Waals surface area contributed by atoms with E-state index in [1.54, 1.807) is 0 Å². The fourth-order valence-corrected chi connectivity index (χ4v) is 0.853. The summed E-state index contributed by atoms with van der Waals surface area (Å²) in [4.78, 5) is 13.6. The highest BCUT2D eigenvalue weighted by atomic mass is 19.4. The van der Waals surface area contributed by atoms with Crippen LogP contribution < -0.4 is 10.5 Å². The first-order valence-electron chi connectivity index (χ1n) is 3.51. The van der Waals surface area contributed by atoms with Crippen molar-refractivity contribution in [2.24, 2.45) is 5.73 Å². The second-order valence-electron chi connectivity index (χ2n) is 2.39. The molecule has 0 aliphatic carbocycles. The standard InChI is InChI=1S/C7H4F4N2O2/c8-5-4(6(12)14)3(1-2-13-5)15-7(9,10)11/h1-2H,(H2,12,14). The first kappa shape index (κ1) is 11.2. The molecule has 0 saturated carbocycles. The summed E-state index contributed by atoms with van der Waals surface area (Å²) < 4.78 is 51.6. The van der Waals surface area contributed by atoms with Crippen molar-refractivity contribution in [3.05, 3.63) is 23.8 Å². The molecular weight excluding hydrogens is 220 g/mol. The molecule has 2 N–H and O–H groups in total. The van der Waals surface area contributed by atoms with E-state index in [4.69, 9.17) is 0 Å². The van der Waals surface area contributed by atoms with Crippen molar-refractivity contribution in [1.29, 1.82) is 0 Å². The molecule has 0 aliphatic rings. The Labute approximate surface area is 80.7 Å². The van der Waals surface area contributed by atoms with Crippen LogP contribution in [0.5, 0.6) is 5.75 Å². The average Bonchev–Trinajstić information content (AvgIpc) is 1.99. The number of nitrogens with zero attached hydrogens (tertiary/aromatic N) is 1. The zero-order valence-corrected chi connectivity index (χ0v) is 7.01. The van der Waals surface area contributed by atoms with Gasteiger partial charge in [-0.2, -0.15) is 4.39 Å². The number of pyridine rings is 1. The fourth-order valence-electron chi connectivity index (χ4n) is 0.853. The number of hydrogen-bond acceptors (Lipinski definition) is 3. The Bertz CT molecular complexity index is 391. The lowest BCUT2D eigenvalue weighted by molar-refractivity contribution is -0.274. The number of alkyl halides is 3. The highest BCUT2D eigenvalue weighted by Gasteiger charge is 2.33. The summed E-state index contributed by atoms with van der Waals surface area (Å²) in [7, 11) is 0. The van der Waals surface area contributed by atoms with Crippen molar-refractivity contribution in [3.8, 4) is 5.75 Å². The Hall–Kier alpha value is -1.86. The topological polar surface area (TPSA) is 65.2 Å². The molecule has 0 radical (unpaired) electrons. The van der Waals surface area contributed by atoms with Gasteiger partial charge in [-0.1, -0.05) is 0 Å². The van der Waals surface area contributed by atoms with Crippen molar-refractivity contribution >= 4 is 5.91 Å². The Balaban J connectivity index is 3.18. The molecule has 0 spiro atoms. The summed E-state index contributed by atoms with van der Waals surface area (Å²) in [6.45, 7) is 0. The summed E-state index contributed by atoms with van der Waals surface area (Å²) in [6.07, 6.45) is -4.30. The maximum absolute atomic E-state index is 12.8. The number of carbonyl (C=O) groups is 1. The van der Waals surface area contributed by atoms with E-state index < -0.39 is 29.5 Å². The third kappa shape index (κ3) is 2.79. The van der Waals surface area contributed by atoms with Crippen molar-refractivity contribution in [2.75, 3.05) is 0 Å². The number of halogens is 4. The monoisotopic (exact) mass is 224 g/mol. The highest BCUT2D eigenvalue weighted by Crippen LogP contribution is 2.26. The van der Waals surface area contributed by atoms with Crippen LogP contribution in [-0.4, -0.2) is 17.3 Å². The van der Waals surface area contributed by atoms with E-state index in [-0.39, 0.29) is 0 Å². The number of primary amides is 1. The normalized spacial score (nSPS) is 11.2. The fraction of sp³-hybridized carbons (Fsp3) is 0.143. The predicted octanol–water partition coefficient (Wildman–Crippen LogP) is 1.22. The van der Waals surface area contributed by atoms with Gasteiger partial charge in [-0.15, -0.1) is 13.2 Å². The molecule has 0 unspecified atom stereocenters. The van der Waals surface area contributed by atoms with Crippen LogP contribution in [0.15, 0.2) is 12.3 Å². The molecule has 15 heavy (non-hydrogen) atoms. The lowest BCUT2D eigenvalue weighted by Gasteiger charge is -2.11. The Morgan fingerprint density at radius 3 is 2.53 bits per heavy atom. The number of rotatable bonds is 2. The summed E-state index contributed by atoms with van der Waals surface area (Å²) in [6, 6.07) is 0.691. The number of ether oxygens (including phenoxy) is 1. The molecule has 0 fully saturated rings. The van der Waals surface area contributed by atoms with E-state index in [1.165, 1.54) is 0 Å². The predicted molar refractivity (Wildman–Crippen MR) is 39.4 cm³/mol. The molecule has 8 heteroatoms. The van der Waals surface area contributed by atoms with Gasteiger partial charge in [0.1, 0.15) is 11.3 Å². The van der Waals surface area contributed by atoms with Gasteiger partial charge in [0.2, 0.25) is 5.95 Å². The number of carbonyl (C=O) groups excluding carboxylic acids is 1. The SMILES string of the molecule is NC(=O)c1c(OC(F)(F)F)ccnc1F. The number of hydrogen-bond donors (Lipinski definition) is 1. The molecule has 0 aliphatic heterocycles. The van der Waals surface area contributed by atoms with Crippen molar-refractivity contribution in [1.82, 2.24) is 4.98 Å². The quantitative estimate of drug-likeness (QED) is 0.606. The molecule has 0 aromatic carbocycles. The van der Waals surface area contributed by atoms with Crippen LogP contribution in [0.4, 0.5) is 17.6 Å². The zero-order valence-electron chi connectivity index (χ0n) is 7.01. The maximum Gasteiger partial charge on any atom is 0.573 e. The summed E-state index contributed by atoms with van der Waals surface area (Å²) >= 11 is 0. The number of amides is 1. The average molecular weight is 224 g/mol. The van der Waals surface area contributed by atoms with Gasteiger partial charge in [0, 0.05) is 6.20 Å². The Morgan fingerprint density at radius 2 is 2.07 bits per heavy atom. The molecule has 0 bridgehead atoms. The second-order valence-corrected chi connectivity index (χ2v) is 2.39. The van der Waals surface area contributed by atoms with E-state index in [0.29, 0.717) is 6.07 Å². The zero-order chi connectivity index (χ0) is 11.6. The van der Waals surface area contributed by atoms with Gasteiger partial charge >= 0.3 is 6.36 Å². The van der Waals surface area contributed by atoms with Crippen molar-refractivity contribution in [2.45, 2.75) is 6.36 Å². The number of nitrogens with two attached hydrogens (primary N) is 1. The van der Waals surface area contributed by atoms with Gasteiger partial charge in [-0.3, -0.25) is 4.79 Å². The molecule has 82 valence electrons. The van der Waals surface area contributed by atoms with Crippen molar-refractivity contribution in [3.63, 3.8) is 0 Å². The largest absolute Gasteiger partial charge is 0.573 e. The number of aromatic nitrogens is 1. The Morgan fingerprint density at radius 1 is 1.47 bits per heavy atom. The molecule has 1 aromatic heterocycles. The van der Waals surface area contributed by atoms with Crippen LogP contribution in [0.25, 0.3) is 0 Å². The molecular formula is C7H4F4N2O2. The van der Waals surface area contributed by atoms with E-state index in [1.807, 2.05) is 0 Å². The van der Waals surface area contributed by atoms with E-state index in [0.717, 1.165) is 6.20 Å². The van der Waals surface area contributed by atoms with Gasteiger partial charge < -0.3 is 10.5 Å². The summed E-state index contributed by atoms with van der Waals surface area (Å²) in [5.41, 5.74) is 3.64. The van der Waals surface area contributed by atoms with Crippen LogP contribution >= 0.6 is 0 Å². The van der Waals surface area contributed by atoms with Gasteiger partial charge in [0.25, 0.3) is 5.91 Å². The molecule has 4 nitrogen and oxygen atoms in total. The van der Waals surface area contributed by atoms with Crippen LogP contribution in [0, 0.1) is 5.95 Å². The van der Waals surface area contributed by atoms with Crippen LogP contribution in [0.1, 0.15) is 10.4 Å². The lowest BCUT2D eigenvalue weighted by atomic mass is 10.2. The molecule has 0 atom stereocenters. The van der Waals surface area contributed by atoms with Crippen LogP contribution in [-0.2, 0) is 0 Å². The first-order chi connectivity index (χ1) is 6.81. The second kappa shape index (κ2) is 3.71. The van der Waals surface area contributed by atoms with Crippen molar-refractivity contribution < 1.29 is 27.1 Å². The van der Waals surface area contributed by atoms with Crippen LogP contribution in [0.3, 0.4) is 0 Å². The van der Waals surface area contributed by atoms with E-state index in [2.05, 4.69) is 15.5 Å². The van der Waals surface area contributed by atoms with Gasteiger partial charge in [-0.05, 0) is 6.07 Å². The molecule has 0 saturated heterocycles. The minimum absolute atomic E-state index is 0.691. The molecule has 1 amide bonds. The summed E-state index contributed by atoms with van der Waals surface area (Å²) in [5.74, 6) is -3.81. The minimum atomic E-state index is -5.03. The van der Waals surface area contributed by atoms with Gasteiger partial charge in [0.15, 0.2) is 0 Å². The summed E-state index contributed by atoms with van der Waals surface area (Å²) in [5, 5.41) is 0. The highest BCUT2D eigenvalue weighted by molar-refractivity contribution is 5.95. The van der Waals surface area contributed by atoms with E-state index in [9.17, 15) is 22.4 Å². The third-order valence-corrected chi connectivity index (χ3v) is 1.34.